The minimum Gasteiger partial charge on any atom is -0.0871 e. The summed E-state index contributed by atoms with van der Waals surface area (Å²) in [6.45, 7) is 13.9. The number of aryl methyl sites for hydroxylation is 1. The van der Waals surface area contributed by atoms with Crippen molar-refractivity contribution in [1.29, 1.82) is 0 Å². The van der Waals surface area contributed by atoms with Crippen molar-refractivity contribution in [3.63, 3.8) is 0 Å². The Balaban J connectivity index is 1.47. The minimum atomic E-state index is -1.82. The molecule has 52 heavy (non-hydrogen) atoms. The quantitative estimate of drug-likeness (QED) is 0.0487. The zero-order valence-corrected chi connectivity index (χ0v) is 34.7. The van der Waals surface area contributed by atoms with Crippen LogP contribution in [-0.2, 0) is 11.8 Å². The second-order valence-electron chi connectivity index (χ2n) is 16.2. The van der Waals surface area contributed by atoms with E-state index in [1.54, 1.807) is 27.1 Å². The first-order valence-corrected chi connectivity index (χ1v) is 23.8. The van der Waals surface area contributed by atoms with Crippen LogP contribution in [0.15, 0.2) is 91.0 Å². The number of rotatable bonds is 20. The molecule has 0 saturated heterocycles. The number of unbranched alkanes of at least 4 members (excludes halogenated alkanes) is 9. The molecule has 0 bridgehead atoms. The van der Waals surface area contributed by atoms with E-state index in [9.17, 15) is 0 Å². The van der Waals surface area contributed by atoms with Crippen molar-refractivity contribution in [3.8, 4) is 0 Å². The maximum atomic E-state index is 2.60. The third kappa shape index (κ3) is 9.76. The number of benzene rings is 4. The number of hydrogen-bond donors (Lipinski definition) is 0. The largest absolute Gasteiger partial charge is 0.115 e. The highest BCUT2D eigenvalue weighted by atomic mass is 28.3. The molecule has 0 nitrogen and oxygen atoms in total. The van der Waals surface area contributed by atoms with Crippen LogP contribution in [0.4, 0.5) is 0 Å². The second-order valence-corrected chi connectivity index (χ2v) is 20.5. The molecular weight excluding hydrogens is 641 g/mol. The number of allylic oxidation sites excluding steroid dienone is 1. The Morgan fingerprint density at radius 3 is 1.52 bits per heavy atom. The Hall–Kier alpha value is -3.42. The maximum absolute atomic E-state index is 2.60. The fraction of sp³-hybridized carbons (Fsp3) is 0.451. The zero-order valence-electron chi connectivity index (χ0n) is 33.7. The molecule has 0 aliphatic heterocycles. The molecule has 4 aromatic rings. The van der Waals surface area contributed by atoms with Crippen molar-refractivity contribution in [1.82, 2.24) is 0 Å². The van der Waals surface area contributed by atoms with Gasteiger partial charge in [0.15, 0.2) is 0 Å². The molecule has 0 heterocycles. The highest BCUT2D eigenvalue weighted by Crippen LogP contribution is 2.49. The molecule has 0 spiro atoms. The lowest BCUT2D eigenvalue weighted by Crippen LogP contribution is -2.55. The van der Waals surface area contributed by atoms with Crippen molar-refractivity contribution in [2.45, 2.75) is 149 Å². The fourth-order valence-electron chi connectivity index (χ4n) is 8.94. The molecule has 276 valence electrons. The molecule has 1 aliphatic carbocycles. The van der Waals surface area contributed by atoms with Crippen molar-refractivity contribution >= 4 is 36.7 Å². The molecule has 0 aromatic heterocycles. The van der Waals surface area contributed by atoms with E-state index in [1.807, 2.05) is 0 Å². The van der Waals surface area contributed by atoms with Gasteiger partial charge >= 0.3 is 0 Å². The van der Waals surface area contributed by atoms with Gasteiger partial charge in [0.2, 0.25) is 0 Å². The second kappa shape index (κ2) is 19.6. The topological polar surface area (TPSA) is 0 Å². The summed E-state index contributed by atoms with van der Waals surface area (Å²) in [5.41, 5.74) is 11.7. The van der Waals surface area contributed by atoms with Crippen LogP contribution in [0, 0.1) is 6.92 Å². The molecule has 5 rings (SSSR count). The summed E-state index contributed by atoms with van der Waals surface area (Å²) in [7, 11) is -1.82. The highest BCUT2D eigenvalue weighted by molar-refractivity contribution is 7.01. The molecule has 1 atom stereocenters. The van der Waals surface area contributed by atoms with Gasteiger partial charge in [0.25, 0.3) is 0 Å². The lowest BCUT2D eigenvalue weighted by Gasteiger charge is -2.42. The van der Waals surface area contributed by atoms with Crippen LogP contribution >= 0.6 is 0 Å². The van der Waals surface area contributed by atoms with Crippen molar-refractivity contribution in [2.75, 3.05) is 0 Å². The van der Waals surface area contributed by atoms with Crippen LogP contribution in [0.5, 0.6) is 0 Å². The molecule has 1 unspecified atom stereocenters. The molecular formula is C51H68Si. The van der Waals surface area contributed by atoms with E-state index in [4.69, 9.17) is 0 Å². The van der Waals surface area contributed by atoms with Crippen molar-refractivity contribution in [3.05, 3.63) is 136 Å². The van der Waals surface area contributed by atoms with E-state index in [2.05, 4.69) is 150 Å². The van der Waals surface area contributed by atoms with E-state index in [1.165, 1.54) is 124 Å². The number of hydrogen-bond acceptors (Lipinski definition) is 0. The van der Waals surface area contributed by atoms with Crippen LogP contribution in [-0.4, -0.2) is 8.07 Å². The summed E-state index contributed by atoms with van der Waals surface area (Å²) in [4.78, 5) is 0. The van der Waals surface area contributed by atoms with E-state index in [0.29, 0.717) is 0 Å². The Bertz CT molecular complexity index is 1730. The Morgan fingerprint density at radius 2 is 1.00 bits per heavy atom. The van der Waals surface area contributed by atoms with Gasteiger partial charge in [-0.15, -0.1) is 0 Å². The Kier molecular flexibility index (Phi) is 15.0. The summed E-state index contributed by atoms with van der Waals surface area (Å²) in [5.74, 6) is 0. The van der Waals surface area contributed by atoms with Crippen LogP contribution in [0.25, 0.3) is 18.2 Å². The summed E-state index contributed by atoms with van der Waals surface area (Å²) in [5, 5.41) is 3.13. The normalized spacial score (nSPS) is 14.8. The lowest BCUT2D eigenvalue weighted by atomic mass is 9.61. The van der Waals surface area contributed by atoms with Gasteiger partial charge in [-0.25, -0.2) is 0 Å². The third-order valence-electron chi connectivity index (χ3n) is 12.2. The maximum Gasteiger partial charge on any atom is 0.115 e. The van der Waals surface area contributed by atoms with Gasteiger partial charge in [0, 0.05) is 5.41 Å². The van der Waals surface area contributed by atoms with E-state index < -0.39 is 8.07 Å². The average molecular weight is 709 g/mol. The smallest absolute Gasteiger partial charge is 0.0871 e. The molecule has 0 radical (unpaired) electrons. The van der Waals surface area contributed by atoms with Gasteiger partial charge in [-0.1, -0.05) is 230 Å². The summed E-state index contributed by atoms with van der Waals surface area (Å²) in [6, 6.07) is 35.2. The van der Waals surface area contributed by atoms with Crippen LogP contribution in [0.2, 0.25) is 12.6 Å². The lowest BCUT2D eigenvalue weighted by molar-refractivity contribution is 0.383. The van der Waals surface area contributed by atoms with Crippen LogP contribution < -0.4 is 10.4 Å². The van der Waals surface area contributed by atoms with Gasteiger partial charge in [-0.2, -0.15) is 0 Å². The Morgan fingerprint density at radius 1 is 0.538 bits per heavy atom. The fourth-order valence-corrected chi connectivity index (χ4v) is 12.6. The predicted molar refractivity (Wildman–Crippen MR) is 235 cm³/mol. The molecule has 0 fully saturated rings. The minimum absolute atomic E-state index is 0.0790. The highest BCUT2D eigenvalue weighted by Gasteiger charge is 2.40. The Labute approximate surface area is 319 Å². The van der Waals surface area contributed by atoms with E-state index >= 15 is 0 Å². The van der Waals surface area contributed by atoms with Gasteiger partial charge in [0.05, 0.1) is 0 Å². The molecule has 1 heteroatoms. The molecule has 1 aliphatic rings. The first-order chi connectivity index (χ1) is 25.4. The monoisotopic (exact) mass is 709 g/mol. The van der Waals surface area contributed by atoms with Gasteiger partial charge in [0.1, 0.15) is 8.07 Å². The van der Waals surface area contributed by atoms with Gasteiger partial charge in [-0.3, -0.25) is 0 Å². The molecule has 0 N–H and O–H groups in total. The number of fused-ring (bicyclic) bond motifs is 2. The molecule has 0 saturated carbocycles. The summed E-state index contributed by atoms with van der Waals surface area (Å²) >= 11 is 0. The van der Waals surface area contributed by atoms with Crippen molar-refractivity contribution < 1.29 is 0 Å². The molecule has 4 aromatic carbocycles. The first-order valence-electron chi connectivity index (χ1n) is 21.1. The SMILES string of the molecule is C/C=C/c1ccc2c(c1)C(CCCCCC)(CCCCCC)c1cc(/C=C/c3ccc([Si](C)(CCCCCC)c4ccc(C)cc4)cc3)ccc1C2. The van der Waals surface area contributed by atoms with Gasteiger partial charge in [-0.05, 0) is 78.1 Å². The third-order valence-corrected chi connectivity index (χ3v) is 16.8. The predicted octanol–water partition coefficient (Wildman–Crippen LogP) is 14.1. The van der Waals surface area contributed by atoms with Crippen molar-refractivity contribution in [2.24, 2.45) is 0 Å². The summed E-state index contributed by atoms with van der Waals surface area (Å²) in [6.07, 6.45) is 28.5. The average Bonchev–Trinajstić information content (AvgIpc) is 3.16. The van der Waals surface area contributed by atoms with Crippen LogP contribution in [0.1, 0.15) is 162 Å². The standard InChI is InChI=1S/C51H68Si/c1-7-11-14-17-35-51(36-18-15-12-8-2)49-38-43(20-10-4)25-29-45(49)40-46-30-26-44(39-50(46)51)24-23-42-27-33-48(34-28-42)52(6,37-19-16-13-9-3)47-31-21-41(5)22-32-47/h10,20-34,38-39H,7-9,11-19,35-37,40H2,1-6H3/b20-10+,24-23+. The van der Waals surface area contributed by atoms with Gasteiger partial charge < -0.3 is 0 Å². The molecule has 0 amide bonds. The first kappa shape index (κ1) is 39.8. The summed E-state index contributed by atoms with van der Waals surface area (Å²) < 4.78 is 0. The zero-order chi connectivity index (χ0) is 36.8. The van der Waals surface area contributed by atoms with Crippen LogP contribution in [0.3, 0.4) is 0 Å². The van der Waals surface area contributed by atoms with E-state index in [0.717, 1.165) is 6.42 Å². The van der Waals surface area contributed by atoms with E-state index in [-0.39, 0.29) is 5.41 Å².